The van der Waals surface area contributed by atoms with E-state index in [0.717, 1.165) is 6.42 Å². The van der Waals surface area contributed by atoms with Crippen LogP contribution in [0.5, 0.6) is 0 Å². The average Bonchev–Trinajstić information content (AvgIpc) is 1.90. The van der Waals surface area contributed by atoms with E-state index in [0.29, 0.717) is 10.9 Å². The maximum Gasteiger partial charge on any atom is 0.0569 e. The van der Waals surface area contributed by atoms with E-state index in [9.17, 15) is 0 Å². The Balaban J connectivity index is 3.26. The Labute approximate surface area is 72.3 Å². The van der Waals surface area contributed by atoms with Crippen LogP contribution in [-0.2, 0) is 4.74 Å². The number of ether oxygens (including phenoxy) is 1. The standard InChI is InChI=1S/C8H17BrO/c1-4-8(10-3)6-5-7(2)9/h7-8H,4-6H2,1-3H3. The highest BCUT2D eigenvalue weighted by molar-refractivity contribution is 9.09. The van der Waals surface area contributed by atoms with Crippen molar-refractivity contribution in [1.82, 2.24) is 0 Å². The van der Waals surface area contributed by atoms with Gasteiger partial charge in [-0.2, -0.15) is 0 Å². The Hall–Kier alpha value is 0.440. The smallest absolute Gasteiger partial charge is 0.0569 e. The number of hydrogen-bond donors (Lipinski definition) is 0. The van der Waals surface area contributed by atoms with Crippen LogP contribution in [0.4, 0.5) is 0 Å². The quantitative estimate of drug-likeness (QED) is 0.632. The van der Waals surface area contributed by atoms with E-state index in [4.69, 9.17) is 4.74 Å². The first-order valence-corrected chi connectivity index (χ1v) is 4.79. The molecule has 0 aliphatic heterocycles. The summed E-state index contributed by atoms with van der Waals surface area (Å²) < 4.78 is 5.23. The second-order valence-corrected chi connectivity index (χ2v) is 4.19. The maximum atomic E-state index is 5.23. The zero-order valence-corrected chi connectivity index (χ0v) is 8.65. The Morgan fingerprint density at radius 2 is 2.00 bits per heavy atom. The van der Waals surface area contributed by atoms with Gasteiger partial charge in [0.05, 0.1) is 6.10 Å². The summed E-state index contributed by atoms with van der Waals surface area (Å²) in [6.07, 6.45) is 3.95. The van der Waals surface area contributed by atoms with Gasteiger partial charge in [-0.1, -0.05) is 29.8 Å². The van der Waals surface area contributed by atoms with Crippen molar-refractivity contribution in [3.8, 4) is 0 Å². The number of alkyl halides is 1. The molecule has 62 valence electrons. The van der Waals surface area contributed by atoms with Crippen LogP contribution in [-0.4, -0.2) is 18.0 Å². The van der Waals surface area contributed by atoms with Crippen molar-refractivity contribution in [2.75, 3.05) is 7.11 Å². The highest BCUT2D eigenvalue weighted by atomic mass is 79.9. The van der Waals surface area contributed by atoms with Gasteiger partial charge in [0.25, 0.3) is 0 Å². The number of halogens is 1. The van der Waals surface area contributed by atoms with Crippen LogP contribution >= 0.6 is 15.9 Å². The minimum atomic E-state index is 0.458. The summed E-state index contributed by atoms with van der Waals surface area (Å²) in [5.74, 6) is 0. The summed E-state index contributed by atoms with van der Waals surface area (Å²) in [6.45, 7) is 4.33. The summed E-state index contributed by atoms with van der Waals surface area (Å²) in [7, 11) is 1.78. The third kappa shape index (κ3) is 5.24. The summed E-state index contributed by atoms with van der Waals surface area (Å²) in [5, 5.41) is 0. The molecular weight excluding hydrogens is 192 g/mol. The molecule has 0 radical (unpaired) electrons. The summed E-state index contributed by atoms with van der Waals surface area (Å²) in [5.41, 5.74) is 0. The van der Waals surface area contributed by atoms with E-state index in [1.807, 2.05) is 0 Å². The van der Waals surface area contributed by atoms with Crippen molar-refractivity contribution in [2.24, 2.45) is 0 Å². The molecule has 10 heavy (non-hydrogen) atoms. The lowest BCUT2D eigenvalue weighted by atomic mass is 10.1. The molecular formula is C8H17BrO. The number of hydrogen-bond acceptors (Lipinski definition) is 1. The van der Waals surface area contributed by atoms with Crippen molar-refractivity contribution in [1.29, 1.82) is 0 Å². The first kappa shape index (κ1) is 10.4. The van der Waals surface area contributed by atoms with Crippen molar-refractivity contribution < 1.29 is 4.74 Å². The molecule has 0 spiro atoms. The second-order valence-electron chi connectivity index (χ2n) is 2.62. The average molecular weight is 209 g/mol. The Morgan fingerprint density at radius 1 is 1.40 bits per heavy atom. The fourth-order valence-corrected chi connectivity index (χ4v) is 1.17. The molecule has 0 saturated heterocycles. The van der Waals surface area contributed by atoms with E-state index in [1.165, 1.54) is 12.8 Å². The van der Waals surface area contributed by atoms with Crippen LogP contribution in [0.2, 0.25) is 0 Å². The van der Waals surface area contributed by atoms with Gasteiger partial charge in [-0.05, 0) is 19.3 Å². The van der Waals surface area contributed by atoms with Crippen LogP contribution in [0, 0.1) is 0 Å². The molecule has 0 rings (SSSR count). The van der Waals surface area contributed by atoms with Crippen LogP contribution in [0.25, 0.3) is 0 Å². The van der Waals surface area contributed by atoms with E-state index < -0.39 is 0 Å². The Bertz CT molecular complexity index is 69.7. The molecule has 0 heterocycles. The maximum absolute atomic E-state index is 5.23. The molecule has 0 saturated carbocycles. The molecule has 0 bridgehead atoms. The third-order valence-corrected chi connectivity index (χ3v) is 2.13. The predicted octanol–water partition coefficient (Wildman–Crippen LogP) is 2.98. The molecule has 1 nitrogen and oxygen atoms in total. The van der Waals surface area contributed by atoms with Gasteiger partial charge in [0, 0.05) is 11.9 Å². The number of methoxy groups -OCH3 is 1. The van der Waals surface area contributed by atoms with Gasteiger partial charge >= 0.3 is 0 Å². The first-order chi connectivity index (χ1) is 4.70. The van der Waals surface area contributed by atoms with Gasteiger partial charge < -0.3 is 4.74 Å². The molecule has 0 aromatic carbocycles. The monoisotopic (exact) mass is 208 g/mol. The normalized spacial score (nSPS) is 16.8. The van der Waals surface area contributed by atoms with Gasteiger partial charge in [-0.3, -0.25) is 0 Å². The topological polar surface area (TPSA) is 9.23 Å². The molecule has 0 N–H and O–H groups in total. The van der Waals surface area contributed by atoms with Gasteiger partial charge in [-0.25, -0.2) is 0 Å². The molecule has 0 aliphatic carbocycles. The number of rotatable bonds is 5. The SMILES string of the molecule is CCC(CCC(C)Br)OC. The molecule has 0 aromatic heterocycles. The molecule has 2 atom stereocenters. The van der Waals surface area contributed by atoms with Gasteiger partial charge in [0.2, 0.25) is 0 Å². The van der Waals surface area contributed by atoms with Crippen LogP contribution < -0.4 is 0 Å². The molecule has 2 unspecified atom stereocenters. The Kier molecular flexibility index (Phi) is 6.44. The van der Waals surface area contributed by atoms with Crippen molar-refractivity contribution in [3.63, 3.8) is 0 Å². The van der Waals surface area contributed by atoms with Crippen LogP contribution in [0.15, 0.2) is 0 Å². The molecule has 2 heteroatoms. The lowest BCUT2D eigenvalue weighted by Crippen LogP contribution is -2.10. The second kappa shape index (κ2) is 6.17. The van der Waals surface area contributed by atoms with Crippen LogP contribution in [0.1, 0.15) is 33.1 Å². The van der Waals surface area contributed by atoms with Gasteiger partial charge in [-0.15, -0.1) is 0 Å². The van der Waals surface area contributed by atoms with Crippen molar-refractivity contribution in [3.05, 3.63) is 0 Å². The predicted molar refractivity (Wildman–Crippen MR) is 48.7 cm³/mol. The van der Waals surface area contributed by atoms with Crippen molar-refractivity contribution >= 4 is 15.9 Å². The molecule has 0 aromatic rings. The summed E-state index contributed by atoms with van der Waals surface area (Å²) in [4.78, 5) is 0.622. The van der Waals surface area contributed by atoms with E-state index in [1.54, 1.807) is 7.11 Å². The first-order valence-electron chi connectivity index (χ1n) is 3.87. The third-order valence-electron chi connectivity index (χ3n) is 1.68. The zero-order valence-electron chi connectivity index (χ0n) is 7.06. The van der Waals surface area contributed by atoms with Gasteiger partial charge in [0.1, 0.15) is 0 Å². The van der Waals surface area contributed by atoms with Gasteiger partial charge in [0.15, 0.2) is 0 Å². The fourth-order valence-electron chi connectivity index (χ4n) is 0.904. The lowest BCUT2D eigenvalue weighted by molar-refractivity contribution is 0.0906. The largest absolute Gasteiger partial charge is 0.381 e. The Morgan fingerprint density at radius 3 is 2.30 bits per heavy atom. The molecule has 0 aliphatic rings. The fraction of sp³-hybridized carbons (Fsp3) is 1.00. The molecule has 0 fully saturated rings. The molecule has 0 amide bonds. The van der Waals surface area contributed by atoms with E-state index >= 15 is 0 Å². The highest BCUT2D eigenvalue weighted by Crippen LogP contribution is 2.12. The minimum Gasteiger partial charge on any atom is -0.381 e. The van der Waals surface area contributed by atoms with Crippen molar-refractivity contribution in [2.45, 2.75) is 44.0 Å². The summed E-state index contributed by atoms with van der Waals surface area (Å²) >= 11 is 3.51. The highest BCUT2D eigenvalue weighted by Gasteiger charge is 2.04. The van der Waals surface area contributed by atoms with E-state index in [-0.39, 0.29) is 0 Å². The zero-order chi connectivity index (χ0) is 7.98. The van der Waals surface area contributed by atoms with Crippen LogP contribution in [0.3, 0.4) is 0 Å². The summed E-state index contributed by atoms with van der Waals surface area (Å²) in [6, 6.07) is 0. The lowest BCUT2D eigenvalue weighted by Gasteiger charge is -2.12. The minimum absolute atomic E-state index is 0.458. The van der Waals surface area contributed by atoms with E-state index in [2.05, 4.69) is 29.8 Å².